The fourth-order valence-electron chi connectivity index (χ4n) is 3.57. The summed E-state index contributed by atoms with van der Waals surface area (Å²) in [5.41, 5.74) is 4.27. The van der Waals surface area contributed by atoms with Crippen molar-refractivity contribution >= 4 is 17.7 Å². The minimum Gasteiger partial charge on any atom is -0.344 e. The van der Waals surface area contributed by atoms with Crippen LogP contribution in [0.2, 0.25) is 0 Å². The van der Waals surface area contributed by atoms with Gasteiger partial charge in [-0.2, -0.15) is 0 Å². The molecule has 1 N–H and O–H groups in total. The van der Waals surface area contributed by atoms with Crippen molar-refractivity contribution < 1.29 is 4.79 Å². The lowest BCUT2D eigenvalue weighted by Gasteiger charge is -2.22. The first-order chi connectivity index (χ1) is 15.5. The molecular weight excluding hydrogens is 416 g/mol. The van der Waals surface area contributed by atoms with Crippen LogP contribution >= 0.6 is 11.8 Å². The van der Waals surface area contributed by atoms with Gasteiger partial charge in [0.05, 0.1) is 11.3 Å². The van der Waals surface area contributed by atoms with Crippen LogP contribution in [0.3, 0.4) is 0 Å². The van der Waals surface area contributed by atoms with Gasteiger partial charge in [-0.15, -0.1) is 10.2 Å². The third-order valence-electron chi connectivity index (χ3n) is 5.31. The third-order valence-corrected chi connectivity index (χ3v) is 6.45. The number of rotatable bonds is 7. The lowest BCUT2D eigenvalue weighted by atomic mass is 9.98. The van der Waals surface area contributed by atoms with Crippen LogP contribution in [0.25, 0.3) is 11.4 Å². The average molecular weight is 443 g/mol. The van der Waals surface area contributed by atoms with Gasteiger partial charge in [0.15, 0.2) is 11.0 Å². The molecule has 0 bridgehead atoms. The van der Waals surface area contributed by atoms with Crippen LogP contribution in [-0.4, -0.2) is 25.9 Å². The number of carbonyl (C=O) groups is 1. The zero-order valence-corrected chi connectivity index (χ0v) is 19.2. The minimum atomic E-state index is -0.335. The minimum absolute atomic E-state index is 0.0483. The molecule has 4 aromatic rings. The third kappa shape index (κ3) is 4.92. The maximum atomic E-state index is 13.1. The van der Waals surface area contributed by atoms with E-state index in [9.17, 15) is 4.79 Å². The number of aryl methyl sites for hydroxylation is 1. The first-order valence-electron chi connectivity index (χ1n) is 10.6. The van der Waals surface area contributed by atoms with Crippen LogP contribution in [0.5, 0.6) is 0 Å². The van der Waals surface area contributed by atoms with Crippen molar-refractivity contribution in [1.29, 1.82) is 0 Å². The van der Waals surface area contributed by atoms with E-state index in [2.05, 4.69) is 34.6 Å². The standard InChI is InChI=1S/C26H26N4OS/c1-18-11-10-16-22(17-18)24-28-29-26(30(24)3)32-19(2)25(31)27-23(20-12-6-4-7-13-20)21-14-8-5-9-15-21/h4-17,19,23H,1-3H3,(H,27,31). The monoisotopic (exact) mass is 442 g/mol. The Morgan fingerprint density at radius 3 is 2.12 bits per heavy atom. The predicted molar refractivity (Wildman–Crippen MR) is 129 cm³/mol. The number of nitrogens with zero attached hydrogens (tertiary/aromatic N) is 3. The van der Waals surface area contributed by atoms with Crippen molar-refractivity contribution in [3.05, 3.63) is 102 Å². The number of hydrogen-bond donors (Lipinski definition) is 1. The van der Waals surface area contributed by atoms with Crippen LogP contribution in [0.1, 0.15) is 29.7 Å². The first-order valence-corrected chi connectivity index (χ1v) is 11.4. The molecule has 0 saturated carbocycles. The Bertz CT molecular complexity index is 1150. The van der Waals surface area contributed by atoms with E-state index in [0.29, 0.717) is 5.16 Å². The van der Waals surface area contributed by atoms with Crippen LogP contribution in [0.4, 0.5) is 0 Å². The molecular formula is C26H26N4OS. The lowest BCUT2D eigenvalue weighted by Crippen LogP contribution is -2.35. The van der Waals surface area contributed by atoms with Gasteiger partial charge in [0.2, 0.25) is 5.91 Å². The molecule has 1 heterocycles. The van der Waals surface area contributed by atoms with E-state index >= 15 is 0 Å². The number of benzene rings is 3. The van der Waals surface area contributed by atoms with Crippen LogP contribution in [-0.2, 0) is 11.8 Å². The van der Waals surface area contributed by atoms with Crippen LogP contribution in [0, 0.1) is 6.92 Å². The molecule has 1 unspecified atom stereocenters. The summed E-state index contributed by atoms with van der Waals surface area (Å²) in [6, 6.07) is 28.0. The summed E-state index contributed by atoms with van der Waals surface area (Å²) in [6.07, 6.45) is 0. The Balaban J connectivity index is 1.51. The van der Waals surface area contributed by atoms with Gasteiger partial charge in [0, 0.05) is 12.6 Å². The molecule has 1 amide bonds. The molecule has 1 atom stereocenters. The second kappa shape index (κ2) is 9.83. The quantitative estimate of drug-likeness (QED) is 0.401. The van der Waals surface area contributed by atoms with Crippen molar-refractivity contribution in [2.45, 2.75) is 30.3 Å². The number of nitrogens with one attached hydrogen (secondary N) is 1. The first kappa shape index (κ1) is 21.8. The summed E-state index contributed by atoms with van der Waals surface area (Å²) < 4.78 is 1.94. The molecule has 32 heavy (non-hydrogen) atoms. The van der Waals surface area contributed by atoms with Gasteiger partial charge in [-0.1, -0.05) is 96.2 Å². The molecule has 4 rings (SSSR count). The smallest absolute Gasteiger partial charge is 0.234 e. The highest BCUT2D eigenvalue weighted by Crippen LogP contribution is 2.28. The molecule has 3 aromatic carbocycles. The summed E-state index contributed by atoms with van der Waals surface area (Å²) in [4.78, 5) is 13.1. The molecule has 0 saturated heterocycles. The molecule has 6 heteroatoms. The molecule has 0 spiro atoms. The fourth-order valence-corrected chi connectivity index (χ4v) is 4.40. The second-order valence-electron chi connectivity index (χ2n) is 7.76. The fraction of sp³-hybridized carbons (Fsp3) is 0.192. The Kier molecular flexibility index (Phi) is 6.71. The second-order valence-corrected chi connectivity index (χ2v) is 9.07. The molecule has 162 valence electrons. The van der Waals surface area contributed by atoms with Gasteiger partial charge in [0.25, 0.3) is 0 Å². The molecule has 0 aliphatic carbocycles. The van der Waals surface area contributed by atoms with Gasteiger partial charge >= 0.3 is 0 Å². The van der Waals surface area contributed by atoms with Gasteiger partial charge in [-0.3, -0.25) is 4.79 Å². The highest BCUT2D eigenvalue weighted by molar-refractivity contribution is 8.00. The predicted octanol–water partition coefficient (Wildman–Crippen LogP) is 5.18. The Labute approximate surface area is 192 Å². The summed E-state index contributed by atoms with van der Waals surface area (Å²) in [6.45, 7) is 3.95. The molecule has 0 aliphatic heterocycles. The van der Waals surface area contributed by atoms with Crippen molar-refractivity contribution in [3.8, 4) is 11.4 Å². The average Bonchev–Trinajstić information content (AvgIpc) is 3.18. The zero-order chi connectivity index (χ0) is 22.5. The van der Waals surface area contributed by atoms with Crippen molar-refractivity contribution in [2.24, 2.45) is 7.05 Å². The van der Waals surface area contributed by atoms with E-state index < -0.39 is 0 Å². The SMILES string of the molecule is Cc1cccc(-c2nnc(SC(C)C(=O)NC(c3ccccc3)c3ccccc3)n2C)c1. The zero-order valence-electron chi connectivity index (χ0n) is 18.4. The Hall–Kier alpha value is -3.38. The van der Waals surface area contributed by atoms with E-state index in [1.165, 1.54) is 17.3 Å². The van der Waals surface area contributed by atoms with Crippen molar-refractivity contribution in [3.63, 3.8) is 0 Å². The van der Waals surface area contributed by atoms with E-state index in [0.717, 1.165) is 22.5 Å². The van der Waals surface area contributed by atoms with E-state index in [1.54, 1.807) is 0 Å². The molecule has 0 radical (unpaired) electrons. The van der Waals surface area contributed by atoms with Gasteiger partial charge in [-0.05, 0) is 31.0 Å². The summed E-state index contributed by atoms with van der Waals surface area (Å²) in [5, 5.41) is 12.3. The number of hydrogen-bond acceptors (Lipinski definition) is 4. The Morgan fingerprint density at radius 1 is 0.906 bits per heavy atom. The lowest BCUT2D eigenvalue weighted by molar-refractivity contribution is -0.120. The topological polar surface area (TPSA) is 59.8 Å². The van der Waals surface area contributed by atoms with Crippen molar-refractivity contribution in [1.82, 2.24) is 20.1 Å². The normalized spacial score (nSPS) is 12.0. The maximum Gasteiger partial charge on any atom is 0.234 e. The van der Waals surface area contributed by atoms with Crippen molar-refractivity contribution in [2.75, 3.05) is 0 Å². The van der Waals surface area contributed by atoms with E-state index in [4.69, 9.17) is 0 Å². The number of amides is 1. The maximum absolute atomic E-state index is 13.1. The largest absolute Gasteiger partial charge is 0.344 e. The molecule has 0 fully saturated rings. The summed E-state index contributed by atoms with van der Waals surface area (Å²) in [5.74, 6) is 0.739. The number of thioether (sulfide) groups is 1. The van der Waals surface area contributed by atoms with E-state index in [-0.39, 0.29) is 17.2 Å². The molecule has 0 aliphatic rings. The summed E-state index contributed by atoms with van der Waals surface area (Å²) in [7, 11) is 1.93. The molecule has 5 nitrogen and oxygen atoms in total. The van der Waals surface area contributed by atoms with Gasteiger partial charge in [0.1, 0.15) is 0 Å². The highest BCUT2D eigenvalue weighted by Gasteiger charge is 2.23. The van der Waals surface area contributed by atoms with Gasteiger partial charge in [-0.25, -0.2) is 0 Å². The summed E-state index contributed by atoms with van der Waals surface area (Å²) >= 11 is 1.41. The number of aromatic nitrogens is 3. The van der Waals surface area contributed by atoms with Crippen LogP contribution < -0.4 is 5.32 Å². The highest BCUT2D eigenvalue weighted by atomic mass is 32.2. The Morgan fingerprint density at radius 2 is 1.53 bits per heavy atom. The van der Waals surface area contributed by atoms with Crippen LogP contribution in [0.15, 0.2) is 90.1 Å². The van der Waals surface area contributed by atoms with E-state index in [1.807, 2.05) is 91.3 Å². The number of carbonyl (C=O) groups excluding carboxylic acids is 1. The molecule has 1 aromatic heterocycles. The van der Waals surface area contributed by atoms with Gasteiger partial charge < -0.3 is 9.88 Å².